The molecule has 7 heteroatoms. The number of rotatable bonds is 5. The van der Waals surface area contributed by atoms with Crippen LogP contribution in [0.4, 0.5) is 0 Å². The number of aliphatic hydroxyl groups is 1. The van der Waals surface area contributed by atoms with Crippen molar-refractivity contribution in [3.8, 4) is 0 Å². The van der Waals surface area contributed by atoms with E-state index in [0.29, 0.717) is 12.8 Å². The first-order valence-electron chi connectivity index (χ1n) is 7.32. The van der Waals surface area contributed by atoms with E-state index in [1.54, 1.807) is 5.06 Å². The van der Waals surface area contributed by atoms with Crippen LogP contribution < -0.4 is 0 Å². The molecule has 1 heterocycles. The zero-order chi connectivity index (χ0) is 17.1. The molecule has 0 saturated carbocycles. The number of ether oxygens (including phenoxy) is 2. The number of esters is 2. The molecule has 0 bridgehead atoms. The van der Waals surface area contributed by atoms with Crippen LogP contribution in [0.25, 0.3) is 0 Å². The fourth-order valence-corrected chi connectivity index (χ4v) is 3.23. The van der Waals surface area contributed by atoms with E-state index < -0.39 is 35.0 Å². The van der Waals surface area contributed by atoms with Gasteiger partial charge in [-0.15, -0.1) is 0 Å². The quantitative estimate of drug-likeness (QED) is 0.595. The zero-order valence-electron chi connectivity index (χ0n) is 14.2. The largest absolute Gasteiger partial charge is 0.468 e. The second kappa shape index (κ2) is 6.93. The molecule has 1 fully saturated rings. The molecular formula is C15H27NO6. The number of aliphatic hydroxyl groups excluding tert-OH is 1. The molecule has 22 heavy (non-hydrogen) atoms. The fourth-order valence-electron chi connectivity index (χ4n) is 3.23. The predicted molar refractivity (Wildman–Crippen MR) is 78.7 cm³/mol. The van der Waals surface area contributed by atoms with E-state index in [4.69, 9.17) is 4.84 Å². The molecule has 0 aliphatic carbocycles. The van der Waals surface area contributed by atoms with Gasteiger partial charge in [-0.25, -0.2) is 0 Å². The lowest BCUT2D eigenvalue weighted by atomic mass is 9.80. The Morgan fingerprint density at radius 3 is 1.86 bits per heavy atom. The van der Waals surface area contributed by atoms with Crippen molar-refractivity contribution < 1.29 is 29.0 Å². The zero-order valence-corrected chi connectivity index (χ0v) is 14.2. The molecule has 0 aromatic carbocycles. The van der Waals surface area contributed by atoms with Crippen molar-refractivity contribution in [1.82, 2.24) is 5.06 Å². The van der Waals surface area contributed by atoms with E-state index in [1.165, 1.54) is 14.2 Å². The maximum Gasteiger partial charge on any atom is 0.322 e. The van der Waals surface area contributed by atoms with E-state index in [0.717, 1.165) is 0 Å². The summed E-state index contributed by atoms with van der Waals surface area (Å²) in [6, 6.07) is 0. The summed E-state index contributed by atoms with van der Waals surface area (Å²) in [5.41, 5.74) is -0.865. The van der Waals surface area contributed by atoms with Gasteiger partial charge in [-0.3, -0.25) is 14.4 Å². The van der Waals surface area contributed by atoms with Crippen molar-refractivity contribution in [2.24, 2.45) is 5.92 Å². The molecule has 1 N–H and O–H groups in total. The van der Waals surface area contributed by atoms with Crippen LogP contribution in [0.15, 0.2) is 0 Å². The molecule has 0 aromatic heterocycles. The van der Waals surface area contributed by atoms with Gasteiger partial charge in [0.05, 0.1) is 26.9 Å². The summed E-state index contributed by atoms with van der Waals surface area (Å²) in [6.07, 6.45) is 0.664. The van der Waals surface area contributed by atoms with Gasteiger partial charge in [0.15, 0.2) is 5.92 Å². The van der Waals surface area contributed by atoms with Gasteiger partial charge in [0.1, 0.15) is 0 Å². The lowest BCUT2D eigenvalue weighted by Gasteiger charge is -2.52. The van der Waals surface area contributed by atoms with Gasteiger partial charge < -0.3 is 14.6 Å². The second-order valence-corrected chi connectivity index (χ2v) is 6.88. The minimum absolute atomic E-state index is 0.164. The number of nitrogens with zero attached hydrogens (tertiary/aromatic N) is 1. The Labute approximate surface area is 131 Å². The van der Waals surface area contributed by atoms with Crippen molar-refractivity contribution in [3.63, 3.8) is 0 Å². The molecule has 1 aliphatic heterocycles. The molecule has 1 saturated heterocycles. The first-order valence-corrected chi connectivity index (χ1v) is 7.32. The Hall–Kier alpha value is -1.18. The summed E-state index contributed by atoms with van der Waals surface area (Å²) in [7, 11) is 2.42. The monoisotopic (exact) mass is 317 g/mol. The minimum Gasteiger partial charge on any atom is -0.468 e. The van der Waals surface area contributed by atoms with Crippen molar-refractivity contribution in [3.05, 3.63) is 0 Å². The third kappa shape index (κ3) is 4.18. The van der Waals surface area contributed by atoms with Crippen LogP contribution in [0.2, 0.25) is 0 Å². The molecule has 0 amide bonds. The van der Waals surface area contributed by atoms with Crippen LogP contribution in [0, 0.1) is 5.92 Å². The van der Waals surface area contributed by atoms with Crippen LogP contribution in [0.3, 0.4) is 0 Å². The van der Waals surface area contributed by atoms with Gasteiger partial charge in [0, 0.05) is 11.1 Å². The maximum atomic E-state index is 11.7. The van der Waals surface area contributed by atoms with Crippen LogP contribution in [0.5, 0.6) is 0 Å². The highest BCUT2D eigenvalue weighted by Gasteiger charge is 2.47. The van der Waals surface area contributed by atoms with E-state index in [1.807, 2.05) is 27.7 Å². The van der Waals surface area contributed by atoms with Gasteiger partial charge >= 0.3 is 11.9 Å². The molecule has 1 aliphatic rings. The number of hydroxylamine groups is 2. The summed E-state index contributed by atoms with van der Waals surface area (Å²) < 4.78 is 9.24. The van der Waals surface area contributed by atoms with E-state index in [9.17, 15) is 14.7 Å². The van der Waals surface area contributed by atoms with Crippen molar-refractivity contribution >= 4 is 11.9 Å². The van der Waals surface area contributed by atoms with Gasteiger partial charge in [-0.1, -0.05) is 0 Å². The highest BCUT2D eigenvalue weighted by molar-refractivity contribution is 5.94. The van der Waals surface area contributed by atoms with E-state index >= 15 is 0 Å². The number of methoxy groups -OCH3 is 2. The third-order valence-electron chi connectivity index (χ3n) is 3.91. The second-order valence-electron chi connectivity index (χ2n) is 6.88. The maximum absolute atomic E-state index is 11.7. The highest BCUT2D eigenvalue weighted by Crippen LogP contribution is 2.38. The molecule has 0 spiro atoms. The fraction of sp³-hybridized carbons (Fsp3) is 0.867. The highest BCUT2D eigenvalue weighted by atomic mass is 16.7. The smallest absolute Gasteiger partial charge is 0.322 e. The summed E-state index contributed by atoms with van der Waals surface area (Å²) in [5.74, 6) is -2.52. The molecule has 0 unspecified atom stereocenters. The Balaban J connectivity index is 2.86. The van der Waals surface area contributed by atoms with Crippen LogP contribution >= 0.6 is 0 Å². The molecular weight excluding hydrogens is 290 g/mol. The number of hydrogen-bond donors (Lipinski definition) is 1. The van der Waals surface area contributed by atoms with E-state index in [-0.39, 0.29) is 6.61 Å². The first-order chi connectivity index (χ1) is 10.0. The summed E-state index contributed by atoms with van der Waals surface area (Å²) >= 11 is 0. The standard InChI is InChI=1S/C15H27NO6/c1-14(2)7-10(17)8-15(3,4)16(14)22-9-11(12(18)20-5)13(19)21-6/h10-11,17H,7-9H2,1-6H3. The average molecular weight is 317 g/mol. The third-order valence-corrected chi connectivity index (χ3v) is 3.91. The number of carbonyl (C=O) groups excluding carboxylic acids is 2. The minimum atomic E-state index is -1.13. The van der Waals surface area contributed by atoms with Gasteiger partial charge in [0.25, 0.3) is 0 Å². The SMILES string of the molecule is COC(=O)C(CON1C(C)(C)CC(O)CC1(C)C)C(=O)OC. The van der Waals surface area contributed by atoms with Crippen LogP contribution in [-0.2, 0) is 23.9 Å². The van der Waals surface area contributed by atoms with Crippen LogP contribution in [0.1, 0.15) is 40.5 Å². The van der Waals surface area contributed by atoms with Crippen LogP contribution in [-0.4, -0.2) is 60.1 Å². The number of piperidine rings is 1. The lowest BCUT2D eigenvalue weighted by Crippen LogP contribution is -2.62. The normalized spacial score (nSPS) is 21.6. The number of carbonyl (C=O) groups is 2. The van der Waals surface area contributed by atoms with Crippen molar-refractivity contribution in [2.75, 3.05) is 20.8 Å². The Kier molecular flexibility index (Phi) is 5.95. The Morgan fingerprint density at radius 2 is 1.50 bits per heavy atom. The summed E-state index contributed by atoms with van der Waals surface area (Å²) in [4.78, 5) is 29.2. The van der Waals surface area contributed by atoms with Gasteiger partial charge in [-0.05, 0) is 40.5 Å². The van der Waals surface area contributed by atoms with Gasteiger partial charge in [0.2, 0.25) is 0 Å². The van der Waals surface area contributed by atoms with Crippen molar-refractivity contribution in [1.29, 1.82) is 0 Å². The molecule has 0 atom stereocenters. The molecule has 0 radical (unpaired) electrons. The lowest BCUT2D eigenvalue weighted by molar-refractivity contribution is -0.296. The molecule has 1 rings (SSSR count). The molecule has 0 aromatic rings. The summed E-state index contributed by atoms with van der Waals surface area (Å²) in [5, 5.41) is 11.8. The average Bonchev–Trinajstić information content (AvgIpc) is 2.38. The number of hydrogen-bond acceptors (Lipinski definition) is 7. The topological polar surface area (TPSA) is 85.3 Å². The van der Waals surface area contributed by atoms with Gasteiger partial charge in [-0.2, -0.15) is 5.06 Å². The molecule has 128 valence electrons. The first kappa shape index (κ1) is 18.9. The Morgan fingerprint density at radius 1 is 1.09 bits per heavy atom. The van der Waals surface area contributed by atoms with E-state index in [2.05, 4.69) is 9.47 Å². The Bertz CT molecular complexity index is 386. The molecule has 7 nitrogen and oxygen atoms in total. The predicted octanol–water partition coefficient (Wildman–Crippen LogP) is 0.894. The summed E-state index contributed by atoms with van der Waals surface area (Å²) in [6.45, 7) is 7.62. The van der Waals surface area contributed by atoms with Crippen molar-refractivity contribution in [2.45, 2.75) is 57.7 Å².